The zero-order valence-corrected chi connectivity index (χ0v) is 30.2. The largest absolute Gasteiger partial charge is 0.310 e. The second-order valence-corrected chi connectivity index (χ2v) is 15.1. The molecule has 0 radical (unpaired) electrons. The molecular weight excluding hydrogens is 671 g/mol. The standard InChI is InChI=1S/C52H33NS/c1-2-11-34(12-3-1)42-14-6-8-18-47(42)53(40-30-27-36(28-31-40)44-17-10-20-49-52(44)45-16-7-9-19-48(45)54-49)41-32-29-37-22-24-39-26-25-38-23-21-35-13-4-5-15-43(35)50(38)51(39)46(37)33-41/h1-33H. The van der Waals surface area contributed by atoms with E-state index >= 15 is 0 Å². The predicted octanol–water partition coefficient (Wildman–Crippen LogP) is 15.5. The molecule has 0 amide bonds. The van der Waals surface area contributed by atoms with E-state index in [4.69, 9.17) is 0 Å². The molecule has 0 spiro atoms. The lowest BCUT2D eigenvalue weighted by Gasteiger charge is -2.28. The normalized spacial score (nSPS) is 11.7. The maximum atomic E-state index is 2.44. The van der Waals surface area contributed by atoms with Gasteiger partial charge >= 0.3 is 0 Å². The van der Waals surface area contributed by atoms with Gasteiger partial charge in [-0.25, -0.2) is 0 Å². The molecule has 0 atom stereocenters. The molecule has 11 rings (SSSR count). The molecule has 1 heterocycles. The molecule has 1 aromatic heterocycles. The lowest BCUT2D eigenvalue weighted by molar-refractivity contribution is 1.29. The number of hydrogen-bond donors (Lipinski definition) is 0. The molecule has 54 heavy (non-hydrogen) atoms. The van der Waals surface area contributed by atoms with Crippen LogP contribution in [0.3, 0.4) is 0 Å². The average molecular weight is 704 g/mol. The summed E-state index contributed by atoms with van der Waals surface area (Å²) in [4.78, 5) is 2.44. The van der Waals surface area contributed by atoms with E-state index in [1.165, 1.54) is 85.5 Å². The molecule has 1 nitrogen and oxygen atoms in total. The summed E-state index contributed by atoms with van der Waals surface area (Å²) in [6, 6.07) is 73.5. The first kappa shape index (κ1) is 30.8. The molecule has 0 aliphatic rings. The first-order valence-electron chi connectivity index (χ1n) is 18.5. The van der Waals surface area contributed by atoms with Gasteiger partial charge in [0.05, 0.1) is 5.69 Å². The number of hydrogen-bond acceptors (Lipinski definition) is 2. The minimum atomic E-state index is 1.11. The molecule has 0 bridgehead atoms. The van der Waals surface area contributed by atoms with Gasteiger partial charge in [0, 0.05) is 37.1 Å². The van der Waals surface area contributed by atoms with Crippen LogP contribution in [-0.4, -0.2) is 0 Å². The number of thiophene rings is 1. The van der Waals surface area contributed by atoms with Gasteiger partial charge in [-0.1, -0.05) is 158 Å². The highest BCUT2D eigenvalue weighted by molar-refractivity contribution is 7.25. The van der Waals surface area contributed by atoms with E-state index in [1.54, 1.807) is 0 Å². The Bertz CT molecular complexity index is 3200. The van der Waals surface area contributed by atoms with E-state index in [0.29, 0.717) is 0 Å². The number of anilines is 3. The molecule has 0 saturated carbocycles. The van der Waals surface area contributed by atoms with Crippen molar-refractivity contribution in [2.24, 2.45) is 0 Å². The lowest BCUT2D eigenvalue weighted by Crippen LogP contribution is -2.11. The summed E-state index contributed by atoms with van der Waals surface area (Å²) in [6.07, 6.45) is 0. The fourth-order valence-corrected chi connectivity index (χ4v) is 9.66. The zero-order valence-electron chi connectivity index (χ0n) is 29.4. The van der Waals surface area contributed by atoms with Gasteiger partial charge in [-0.05, 0) is 102 Å². The predicted molar refractivity (Wildman–Crippen MR) is 235 cm³/mol. The van der Waals surface area contributed by atoms with Crippen LogP contribution in [0.5, 0.6) is 0 Å². The van der Waals surface area contributed by atoms with Gasteiger partial charge in [0.25, 0.3) is 0 Å². The van der Waals surface area contributed by atoms with Crippen LogP contribution >= 0.6 is 11.3 Å². The number of nitrogens with zero attached hydrogens (tertiary/aromatic N) is 1. The van der Waals surface area contributed by atoms with Crippen LogP contribution in [-0.2, 0) is 0 Å². The van der Waals surface area contributed by atoms with Crippen molar-refractivity contribution in [3.05, 3.63) is 200 Å². The number of fused-ring (bicyclic) bond motifs is 10. The van der Waals surface area contributed by atoms with E-state index in [9.17, 15) is 0 Å². The molecule has 0 aliphatic carbocycles. The molecule has 0 N–H and O–H groups in total. The van der Waals surface area contributed by atoms with Gasteiger partial charge in [-0.3, -0.25) is 0 Å². The van der Waals surface area contributed by atoms with Gasteiger partial charge in [0.1, 0.15) is 0 Å². The highest BCUT2D eigenvalue weighted by Crippen LogP contribution is 2.45. The van der Waals surface area contributed by atoms with Gasteiger partial charge in [0.2, 0.25) is 0 Å². The SMILES string of the molecule is c1ccc(-c2ccccc2N(c2ccc(-c3cccc4sc5ccccc5c34)cc2)c2ccc3ccc4ccc5ccc6ccccc6c5c4c3c2)cc1. The molecule has 2 heteroatoms. The van der Waals surface area contributed by atoms with Crippen molar-refractivity contribution in [2.45, 2.75) is 0 Å². The van der Waals surface area contributed by atoms with Crippen molar-refractivity contribution in [3.63, 3.8) is 0 Å². The van der Waals surface area contributed by atoms with Gasteiger partial charge in [0.15, 0.2) is 0 Å². The summed E-state index contributed by atoms with van der Waals surface area (Å²) in [6.45, 7) is 0. The maximum Gasteiger partial charge on any atom is 0.0540 e. The molecule has 0 unspecified atom stereocenters. The molecule has 0 saturated heterocycles. The van der Waals surface area contributed by atoms with Crippen LogP contribution in [0.25, 0.3) is 85.5 Å². The Morgan fingerprint density at radius 1 is 0.315 bits per heavy atom. The third kappa shape index (κ3) is 4.92. The molecule has 252 valence electrons. The minimum absolute atomic E-state index is 1.11. The molecular formula is C52H33NS. The Morgan fingerprint density at radius 2 is 0.870 bits per heavy atom. The smallest absolute Gasteiger partial charge is 0.0540 e. The van der Waals surface area contributed by atoms with E-state index in [-0.39, 0.29) is 0 Å². The summed E-state index contributed by atoms with van der Waals surface area (Å²) in [5.41, 5.74) is 8.22. The third-order valence-electron chi connectivity index (χ3n) is 11.0. The maximum absolute atomic E-state index is 2.44. The van der Waals surface area contributed by atoms with Crippen LogP contribution in [0.2, 0.25) is 0 Å². The van der Waals surface area contributed by atoms with E-state index < -0.39 is 0 Å². The first-order chi connectivity index (χ1) is 26.8. The quantitative estimate of drug-likeness (QED) is 0.161. The minimum Gasteiger partial charge on any atom is -0.310 e. The lowest BCUT2D eigenvalue weighted by atomic mass is 9.92. The summed E-state index contributed by atoms with van der Waals surface area (Å²) in [7, 11) is 0. The van der Waals surface area contributed by atoms with Crippen LogP contribution in [0, 0.1) is 0 Å². The first-order valence-corrected chi connectivity index (χ1v) is 19.3. The Balaban J connectivity index is 1.15. The van der Waals surface area contributed by atoms with Crippen LogP contribution in [0.4, 0.5) is 17.1 Å². The van der Waals surface area contributed by atoms with Gasteiger partial charge < -0.3 is 4.90 Å². The second-order valence-electron chi connectivity index (χ2n) is 14.1. The number of rotatable bonds is 5. The van der Waals surface area contributed by atoms with E-state index in [2.05, 4.69) is 205 Å². The Labute approximate surface area is 317 Å². The van der Waals surface area contributed by atoms with Crippen LogP contribution < -0.4 is 4.90 Å². The second kappa shape index (κ2) is 12.4. The summed E-state index contributed by atoms with van der Waals surface area (Å²) in [5, 5.41) is 12.8. The Kier molecular flexibility index (Phi) is 7.11. The number of para-hydroxylation sites is 1. The summed E-state index contributed by atoms with van der Waals surface area (Å²) in [5.74, 6) is 0. The van der Waals surface area contributed by atoms with Crippen molar-refractivity contribution in [1.82, 2.24) is 0 Å². The topological polar surface area (TPSA) is 3.24 Å². The van der Waals surface area contributed by atoms with Gasteiger partial charge in [-0.2, -0.15) is 0 Å². The van der Waals surface area contributed by atoms with E-state index in [1.807, 2.05) is 11.3 Å². The van der Waals surface area contributed by atoms with Crippen molar-refractivity contribution in [2.75, 3.05) is 4.90 Å². The molecule has 11 aromatic rings. The van der Waals surface area contributed by atoms with Crippen LogP contribution in [0.15, 0.2) is 200 Å². The molecule has 0 fully saturated rings. The van der Waals surface area contributed by atoms with Crippen molar-refractivity contribution in [3.8, 4) is 22.3 Å². The summed E-state index contributed by atoms with van der Waals surface area (Å²) >= 11 is 1.87. The fourth-order valence-electron chi connectivity index (χ4n) is 8.53. The average Bonchev–Trinajstić information content (AvgIpc) is 3.63. The zero-order chi connectivity index (χ0) is 35.6. The highest BCUT2D eigenvalue weighted by atomic mass is 32.1. The monoisotopic (exact) mass is 703 g/mol. The molecule has 10 aromatic carbocycles. The molecule has 0 aliphatic heterocycles. The highest BCUT2D eigenvalue weighted by Gasteiger charge is 2.19. The Hall–Kier alpha value is -6.74. The Morgan fingerprint density at radius 3 is 1.69 bits per heavy atom. The van der Waals surface area contributed by atoms with Crippen molar-refractivity contribution < 1.29 is 0 Å². The summed E-state index contributed by atoms with van der Waals surface area (Å²) < 4.78 is 2.64. The number of benzene rings is 10. The van der Waals surface area contributed by atoms with Gasteiger partial charge in [-0.15, -0.1) is 11.3 Å². The van der Waals surface area contributed by atoms with E-state index in [0.717, 1.165) is 17.1 Å². The van der Waals surface area contributed by atoms with Crippen molar-refractivity contribution >= 4 is 91.7 Å². The van der Waals surface area contributed by atoms with Crippen molar-refractivity contribution in [1.29, 1.82) is 0 Å². The van der Waals surface area contributed by atoms with Crippen LogP contribution in [0.1, 0.15) is 0 Å². The third-order valence-corrected chi connectivity index (χ3v) is 12.2. The fraction of sp³-hybridized carbons (Fsp3) is 0.